The Morgan fingerprint density at radius 3 is 2.05 bits per heavy atom. The number of aryl methyl sites for hydroxylation is 1. The number of aliphatic hydroxyl groups excluding tert-OH is 1. The van der Waals surface area contributed by atoms with E-state index in [1.807, 2.05) is 74.5 Å². The van der Waals surface area contributed by atoms with Crippen LogP contribution in [0.5, 0.6) is 17.2 Å². The normalized spacial score (nSPS) is 11.5. The molecule has 0 aromatic heterocycles. The van der Waals surface area contributed by atoms with Gasteiger partial charge in [0, 0.05) is 18.7 Å². The van der Waals surface area contributed by atoms with Gasteiger partial charge in [-0.3, -0.25) is 0 Å². The molecule has 4 rings (SSSR count). The minimum absolute atomic E-state index is 0.107. The van der Waals surface area contributed by atoms with Crippen molar-refractivity contribution in [3.63, 3.8) is 0 Å². The van der Waals surface area contributed by atoms with E-state index in [0.717, 1.165) is 40.7 Å². The summed E-state index contributed by atoms with van der Waals surface area (Å²) in [6.45, 7) is 5.15. The zero-order valence-corrected chi connectivity index (χ0v) is 26.2. The highest BCUT2D eigenvalue weighted by molar-refractivity contribution is 7.89. The summed E-state index contributed by atoms with van der Waals surface area (Å²) >= 11 is 0. The molecular weight excluding hydrogens is 562 g/mol. The number of hydrogen-bond acceptors (Lipinski definition) is 6. The summed E-state index contributed by atoms with van der Waals surface area (Å²) in [6.07, 6.45) is 2.18. The first-order valence-corrected chi connectivity index (χ1v) is 16.0. The van der Waals surface area contributed by atoms with Crippen LogP contribution in [-0.4, -0.2) is 45.1 Å². The minimum Gasteiger partial charge on any atom is -0.493 e. The van der Waals surface area contributed by atoms with Crippen molar-refractivity contribution in [2.75, 3.05) is 27.3 Å². The predicted molar refractivity (Wildman–Crippen MR) is 170 cm³/mol. The second-order valence-corrected chi connectivity index (χ2v) is 12.4. The number of hydrogen-bond donors (Lipinski definition) is 1. The first-order valence-electron chi connectivity index (χ1n) is 14.5. The lowest BCUT2D eigenvalue weighted by atomic mass is 10.0. The van der Waals surface area contributed by atoms with Gasteiger partial charge in [-0.15, -0.1) is 0 Å². The van der Waals surface area contributed by atoms with Crippen LogP contribution >= 0.6 is 0 Å². The highest BCUT2D eigenvalue weighted by Crippen LogP contribution is 2.33. The molecular formula is C35H41NO6S. The molecule has 4 aromatic carbocycles. The molecule has 7 nitrogen and oxygen atoms in total. The van der Waals surface area contributed by atoms with Gasteiger partial charge in [0.1, 0.15) is 12.4 Å². The molecule has 0 saturated heterocycles. The lowest BCUT2D eigenvalue weighted by Crippen LogP contribution is -2.34. The van der Waals surface area contributed by atoms with Crippen molar-refractivity contribution in [1.29, 1.82) is 0 Å². The fourth-order valence-electron chi connectivity index (χ4n) is 4.80. The molecule has 0 fully saturated rings. The number of rotatable bonds is 15. The Hall–Kier alpha value is -3.85. The maximum Gasteiger partial charge on any atom is 0.243 e. The Balaban J connectivity index is 1.56. The molecule has 43 heavy (non-hydrogen) atoms. The number of unbranched alkanes of at least 4 members (excludes halogenated alkanes) is 1. The number of aliphatic hydroxyl groups is 1. The summed E-state index contributed by atoms with van der Waals surface area (Å²) in [7, 11) is -0.564. The van der Waals surface area contributed by atoms with Crippen molar-refractivity contribution in [3.8, 4) is 28.4 Å². The van der Waals surface area contributed by atoms with Gasteiger partial charge in [-0.05, 0) is 78.4 Å². The molecule has 0 aliphatic heterocycles. The van der Waals surface area contributed by atoms with Gasteiger partial charge in [0.2, 0.25) is 10.0 Å². The first-order chi connectivity index (χ1) is 20.8. The molecule has 0 aliphatic carbocycles. The van der Waals surface area contributed by atoms with Crippen LogP contribution in [0, 0.1) is 6.92 Å². The van der Waals surface area contributed by atoms with E-state index in [9.17, 15) is 13.5 Å². The van der Waals surface area contributed by atoms with E-state index < -0.39 is 10.0 Å². The molecule has 1 N–H and O–H groups in total. The fraction of sp³-hybridized carbons (Fsp3) is 0.314. The molecule has 0 saturated carbocycles. The van der Waals surface area contributed by atoms with Crippen molar-refractivity contribution in [1.82, 2.24) is 4.31 Å². The van der Waals surface area contributed by atoms with Crippen molar-refractivity contribution in [3.05, 3.63) is 107 Å². The van der Waals surface area contributed by atoms with Crippen LogP contribution in [0.3, 0.4) is 0 Å². The van der Waals surface area contributed by atoms with Crippen LogP contribution in [-0.2, 0) is 29.7 Å². The lowest BCUT2D eigenvalue weighted by molar-refractivity contribution is 0.281. The third-order valence-electron chi connectivity index (χ3n) is 7.40. The average Bonchev–Trinajstić information content (AvgIpc) is 3.04. The monoisotopic (exact) mass is 603 g/mol. The van der Waals surface area contributed by atoms with Gasteiger partial charge in [0.25, 0.3) is 0 Å². The molecule has 0 atom stereocenters. The van der Waals surface area contributed by atoms with E-state index in [4.69, 9.17) is 14.2 Å². The van der Waals surface area contributed by atoms with E-state index in [2.05, 4.69) is 0 Å². The third-order valence-corrected chi connectivity index (χ3v) is 9.32. The maximum atomic E-state index is 13.8. The SMILES string of the molecule is CCCCN(CCc1ccc(OC)c(OC)c1)S(=O)(=O)c1ccc(-c2cc(CO)ccc2OCc2ccc(C)cc2)cc1. The van der Waals surface area contributed by atoms with Gasteiger partial charge in [0.15, 0.2) is 11.5 Å². The van der Waals surface area contributed by atoms with Crippen LogP contribution in [0.1, 0.15) is 42.0 Å². The Bertz CT molecular complexity index is 1580. The number of nitrogens with zero attached hydrogens (tertiary/aromatic N) is 1. The van der Waals surface area contributed by atoms with Gasteiger partial charge in [-0.1, -0.05) is 67.4 Å². The second-order valence-electron chi connectivity index (χ2n) is 10.5. The van der Waals surface area contributed by atoms with E-state index in [0.29, 0.717) is 43.4 Å². The largest absolute Gasteiger partial charge is 0.493 e. The predicted octanol–water partition coefficient (Wildman–Crippen LogP) is 6.78. The van der Waals surface area contributed by atoms with Crippen molar-refractivity contribution >= 4 is 10.0 Å². The summed E-state index contributed by atoms with van der Waals surface area (Å²) in [5.74, 6) is 1.91. The minimum atomic E-state index is -3.74. The van der Waals surface area contributed by atoms with Gasteiger partial charge in [0.05, 0.1) is 25.7 Å². The zero-order valence-electron chi connectivity index (χ0n) is 25.4. The van der Waals surface area contributed by atoms with E-state index in [-0.39, 0.29) is 11.5 Å². The summed E-state index contributed by atoms with van der Waals surface area (Å²) in [4.78, 5) is 0.236. The number of sulfonamides is 1. The summed E-state index contributed by atoms with van der Waals surface area (Å²) in [5, 5.41) is 9.77. The molecule has 0 aliphatic rings. The highest BCUT2D eigenvalue weighted by Gasteiger charge is 2.24. The Kier molecular flexibility index (Phi) is 11.2. The maximum absolute atomic E-state index is 13.8. The number of methoxy groups -OCH3 is 2. The van der Waals surface area contributed by atoms with Crippen molar-refractivity contribution in [2.24, 2.45) is 0 Å². The molecule has 8 heteroatoms. The quantitative estimate of drug-likeness (QED) is 0.161. The zero-order chi connectivity index (χ0) is 30.8. The van der Waals surface area contributed by atoms with Crippen LogP contribution in [0.25, 0.3) is 11.1 Å². The van der Waals surface area contributed by atoms with Crippen LogP contribution in [0.2, 0.25) is 0 Å². The number of benzene rings is 4. The van der Waals surface area contributed by atoms with Gasteiger partial charge in [-0.2, -0.15) is 4.31 Å². The molecule has 4 aromatic rings. The molecule has 0 spiro atoms. The number of ether oxygens (including phenoxy) is 3. The molecule has 0 radical (unpaired) electrons. The summed E-state index contributed by atoms with van der Waals surface area (Å²) in [5.41, 5.74) is 5.53. The Morgan fingerprint density at radius 1 is 0.744 bits per heavy atom. The van der Waals surface area contributed by atoms with Crippen LogP contribution in [0.15, 0.2) is 89.8 Å². The highest BCUT2D eigenvalue weighted by atomic mass is 32.2. The molecule has 0 amide bonds. The Morgan fingerprint density at radius 2 is 1.40 bits per heavy atom. The van der Waals surface area contributed by atoms with Crippen molar-refractivity contribution in [2.45, 2.75) is 51.2 Å². The molecule has 0 bridgehead atoms. The molecule has 228 valence electrons. The smallest absolute Gasteiger partial charge is 0.243 e. The molecule has 0 heterocycles. The third kappa shape index (κ3) is 8.16. The van der Waals surface area contributed by atoms with E-state index in [1.54, 1.807) is 42.8 Å². The van der Waals surface area contributed by atoms with Crippen molar-refractivity contribution < 1.29 is 27.7 Å². The van der Waals surface area contributed by atoms with Gasteiger partial charge >= 0.3 is 0 Å². The van der Waals surface area contributed by atoms with E-state index >= 15 is 0 Å². The van der Waals surface area contributed by atoms with Gasteiger partial charge < -0.3 is 19.3 Å². The average molecular weight is 604 g/mol. The second kappa shape index (κ2) is 15.0. The van der Waals surface area contributed by atoms with Crippen LogP contribution in [0.4, 0.5) is 0 Å². The lowest BCUT2D eigenvalue weighted by Gasteiger charge is -2.22. The molecule has 0 unspecified atom stereocenters. The van der Waals surface area contributed by atoms with Gasteiger partial charge in [-0.25, -0.2) is 8.42 Å². The topological polar surface area (TPSA) is 85.3 Å². The standard InChI is InChI=1S/C35H41NO6S/c1-5-6-20-36(21-19-27-11-18-34(40-3)35(23-27)41-4)43(38,39)31-15-13-30(14-16-31)32-22-29(24-37)12-17-33(32)42-25-28-9-7-26(2)8-10-28/h7-18,22-23,37H,5-6,19-21,24-25H2,1-4H3. The van der Waals surface area contributed by atoms with Crippen LogP contribution < -0.4 is 14.2 Å². The van der Waals surface area contributed by atoms with E-state index in [1.165, 1.54) is 5.56 Å². The summed E-state index contributed by atoms with van der Waals surface area (Å²) in [6, 6.07) is 26.3. The Labute approximate surface area is 255 Å². The fourth-order valence-corrected chi connectivity index (χ4v) is 6.28. The summed E-state index contributed by atoms with van der Waals surface area (Å²) < 4.78 is 46.1. The first kappa shape index (κ1) is 32.1.